The zero-order chi connectivity index (χ0) is 14.8. The monoisotopic (exact) mass is 300 g/mol. The second-order valence-electron chi connectivity index (χ2n) is 4.81. The minimum atomic E-state index is -0.859. The van der Waals surface area contributed by atoms with Crippen molar-refractivity contribution in [2.45, 2.75) is 12.2 Å². The van der Waals surface area contributed by atoms with E-state index in [0.717, 1.165) is 11.1 Å². The van der Waals surface area contributed by atoms with Crippen molar-refractivity contribution in [3.63, 3.8) is 0 Å². The summed E-state index contributed by atoms with van der Waals surface area (Å²) in [5.41, 5.74) is 2.09. The third-order valence-corrected chi connectivity index (χ3v) is 3.67. The normalized spacial score (nSPS) is 19.9. The largest absolute Gasteiger partial charge is 0.451 e. The molecule has 1 N–H and O–H groups in total. The van der Waals surface area contributed by atoms with Crippen LogP contribution in [0.2, 0.25) is 5.02 Å². The minimum Gasteiger partial charge on any atom is -0.451 e. The third-order valence-electron chi connectivity index (χ3n) is 3.41. The SMILES string of the molecule is O=C(O[C@H]1C=Cc2ccccc2[C@@H]1O)c1ccc(Cl)cc1. The summed E-state index contributed by atoms with van der Waals surface area (Å²) in [5, 5.41) is 10.9. The fourth-order valence-electron chi connectivity index (χ4n) is 2.29. The van der Waals surface area contributed by atoms with Crippen LogP contribution in [-0.2, 0) is 4.74 Å². The molecule has 0 saturated carbocycles. The molecule has 0 aliphatic heterocycles. The quantitative estimate of drug-likeness (QED) is 0.862. The first-order valence-corrected chi connectivity index (χ1v) is 6.95. The predicted octanol–water partition coefficient (Wildman–Crippen LogP) is 3.63. The molecule has 2 aromatic rings. The maximum atomic E-state index is 12.1. The smallest absolute Gasteiger partial charge is 0.338 e. The number of fused-ring (bicyclic) bond motifs is 1. The number of aliphatic hydroxyl groups is 1. The van der Waals surface area contributed by atoms with Gasteiger partial charge in [0.1, 0.15) is 6.10 Å². The molecule has 0 aromatic heterocycles. The van der Waals surface area contributed by atoms with Gasteiger partial charge < -0.3 is 9.84 Å². The number of halogens is 1. The molecule has 0 unspecified atom stereocenters. The number of esters is 1. The van der Waals surface area contributed by atoms with Crippen LogP contribution in [0.25, 0.3) is 6.08 Å². The van der Waals surface area contributed by atoms with Crippen molar-refractivity contribution in [1.29, 1.82) is 0 Å². The molecular formula is C17H13ClO3. The molecule has 0 bridgehead atoms. The van der Waals surface area contributed by atoms with Gasteiger partial charge in [0.25, 0.3) is 0 Å². The first kappa shape index (κ1) is 13.9. The van der Waals surface area contributed by atoms with Gasteiger partial charge in [-0.1, -0.05) is 41.9 Å². The van der Waals surface area contributed by atoms with E-state index in [-0.39, 0.29) is 0 Å². The first-order valence-electron chi connectivity index (χ1n) is 6.57. The van der Waals surface area contributed by atoms with Crippen LogP contribution in [0.1, 0.15) is 27.6 Å². The third kappa shape index (κ3) is 2.84. The maximum absolute atomic E-state index is 12.1. The zero-order valence-corrected chi connectivity index (χ0v) is 11.8. The van der Waals surface area contributed by atoms with Gasteiger partial charge in [-0.2, -0.15) is 0 Å². The molecule has 21 heavy (non-hydrogen) atoms. The molecule has 1 aliphatic carbocycles. The summed E-state index contributed by atoms with van der Waals surface area (Å²) in [4.78, 5) is 12.1. The molecule has 0 heterocycles. The highest BCUT2D eigenvalue weighted by Crippen LogP contribution is 2.30. The van der Waals surface area contributed by atoms with E-state index >= 15 is 0 Å². The van der Waals surface area contributed by atoms with E-state index in [4.69, 9.17) is 16.3 Å². The lowest BCUT2D eigenvalue weighted by Gasteiger charge is -2.25. The summed E-state index contributed by atoms with van der Waals surface area (Å²) in [6.45, 7) is 0. The maximum Gasteiger partial charge on any atom is 0.338 e. The fraction of sp³-hybridized carbons (Fsp3) is 0.118. The van der Waals surface area contributed by atoms with Gasteiger partial charge >= 0.3 is 5.97 Å². The highest BCUT2D eigenvalue weighted by atomic mass is 35.5. The molecular weight excluding hydrogens is 288 g/mol. The average Bonchev–Trinajstić information content (AvgIpc) is 2.51. The van der Waals surface area contributed by atoms with Crippen molar-refractivity contribution >= 4 is 23.6 Å². The van der Waals surface area contributed by atoms with Crippen LogP contribution in [0, 0.1) is 0 Å². The van der Waals surface area contributed by atoms with Crippen LogP contribution < -0.4 is 0 Å². The van der Waals surface area contributed by atoms with E-state index in [1.807, 2.05) is 30.3 Å². The highest BCUT2D eigenvalue weighted by molar-refractivity contribution is 6.30. The zero-order valence-electron chi connectivity index (χ0n) is 11.1. The Morgan fingerprint density at radius 2 is 1.81 bits per heavy atom. The topological polar surface area (TPSA) is 46.5 Å². The highest BCUT2D eigenvalue weighted by Gasteiger charge is 2.27. The number of ether oxygens (including phenoxy) is 1. The number of rotatable bonds is 2. The van der Waals surface area contributed by atoms with Crippen molar-refractivity contribution in [1.82, 2.24) is 0 Å². The Morgan fingerprint density at radius 3 is 2.57 bits per heavy atom. The van der Waals surface area contributed by atoms with Crippen molar-refractivity contribution in [2.24, 2.45) is 0 Å². The Kier molecular flexibility index (Phi) is 3.78. The summed E-state index contributed by atoms with van der Waals surface area (Å²) in [6, 6.07) is 13.9. The van der Waals surface area contributed by atoms with Crippen LogP contribution in [-0.4, -0.2) is 17.2 Å². The number of carbonyl (C=O) groups is 1. The summed E-state index contributed by atoms with van der Waals surface area (Å²) < 4.78 is 5.37. The molecule has 0 saturated heterocycles. The molecule has 2 aromatic carbocycles. The standard InChI is InChI=1S/C17H13ClO3/c18-13-8-5-12(6-9-13)17(20)21-15-10-7-11-3-1-2-4-14(11)16(15)19/h1-10,15-16,19H/t15-,16-/m0/s1. The number of hydrogen-bond acceptors (Lipinski definition) is 3. The molecule has 0 amide bonds. The van der Waals surface area contributed by atoms with E-state index in [1.165, 1.54) is 0 Å². The predicted molar refractivity (Wildman–Crippen MR) is 81.1 cm³/mol. The molecule has 0 radical (unpaired) electrons. The molecule has 1 aliphatic rings. The molecule has 0 spiro atoms. The molecule has 0 fully saturated rings. The Labute approximate surface area is 127 Å². The Balaban J connectivity index is 1.77. The molecule has 3 nitrogen and oxygen atoms in total. The summed E-state index contributed by atoms with van der Waals surface area (Å²) in [6.07, 6.45) is 1.99. The van der Waals surface area contributed by atoms with E-state index in [0.29, 0.717) is 10.6 Å². The van der Waals surface area contributed by atoms with Crippen molar-refractivity contribution < 1.29 is 14.6 Å². The number of aliphatic hydroxyl groups excluding tert-OH is 1. The van der Waals surface area contributed by atoms with Gasteiger partial charge in [-0.3, -0.25) is 0 Å². The molecule has 2 atom stereocenters. The molecule has 3 rings (SSSR count). The van der Waals surface area contributed by atoms with Gasteiger partial charge in [-0.05, 0) is 41.5 Å². The van der Waals surface area contributed by atoms with E-state index in [9.17, 15) is 9.90 Å². The minimum absolute atomic E-state index is 0.402. The van der Waals surface area contributed by atoms with Gasteiger partial charge in [0, 0.05) is 5.02 Å². The van der Waals surface area contributed by atoms with Gasteiger partial charge in [0.15, 0.2) is 6.10 Å². The van der Waals surface area contributed by atoms with Gasteiger partial charge in [-0.15, -0.1) is 0 Å². The Hall–Kier alpha value is -2.10. The van der Waals surface area contributed by atoms with Crippen molar-refractivity contribution in [3.05, 3.63) is 76.3 Å². The average molecular weight is 301 g/mol. The lowest BCUT2D eigenvalue weighted by atomic mass is 9.93. The van der Waals surface area contributed by atoms with Gasteiger partial charge in [0.2, 0.25) is 0 Å². The van der Waals surface area contributed by atoms with Crippen LogP contribution in [0.5, 0.6) is 0 Å². The molecule has 106 valence electrons. The van der Waals surface area contributed by atoms with Crippen LogP contribution in [0.3, 0.4) is 0 Å². The first-order chi connectivity index (χ1) is 10.1. The molecule has 4 heteroatoms. The van der Waals surface area contributed by atoms with Crippen molar-refractivity contribution in [3.8, 4) is 0 Å². The number of hydrogen-bond donors (Lipinski definition) is 1. The lowest BCUT2D eigenvalue weighted by Crippen LogP contribution is -2.26. The van der Waals surface area contributed by atoms with Crippen LogP contribution >= 0.6 is 11.6 Å². The van der Waals surface area contributed by atoms with Gasteiger partial charge in [-0.25, -0.2) is 4.79 Å². The van der Waals surface area contributed by atoms with Gasteiger partial charge in [0.05, 0.1) is 5.56 Å². The fourth-order valence-corrected chi connectivity index (χ4v) is 2.42. The van der Waals surface area contributed by atoms with E-state index < -0.39 is 18.2 Å². The van der Waals surface area contributed by atoms with Crippen LogP contribution in [0.15, 0.2) is 54.6 Å². The van der Waals surface area contributed by atoms with Crippen LogP contribution in [0.4, 0.5) is 0 Å². The van der Waals surface area contributed by atoms with E-state index in [2.05, 4.69) is 0 Å². The summed E-state index contributed by atoms with van der Waals surface area (Å²) >= 11 is 5.78. The lowest BCUT2D eigenvalue weighted by molar-refractivity contribution is -0.00116. The Morgan fingerprint density at radius 1 is 1.10 bits per heavy atom. The Bertz CT molecular complexity index is 691. The second kappa shape index (κ2) is 5.72. The van der Waals surface area contributed by atoms with Crippen molar-refractivity contribution in [2.75, 3.05) is 0 Å². The summed E-state index contributed by atoms with van der Waals surface area (Å²) in [5.74, 6) is -0.486. The summed E-state index contributed by atoms with van der Waals surface area (Å²) in [7, 11) is 0. The second-order valence-corrected chi connectivity index (χ2v) is 5.25. The number of carbonyl (C=O) groups excluding carboxylic acids is 1. The van der Waals surface area contributed by atoms with E-state index in [1.54, 1.807) is 30.3 Å². The number of benzene rings is 2.